The third kappa shape index (κ3) is 3.35. The van der Waals surface area contributed by atoms with Gasteiger partial charge in [0.15, 0.2) is 5.69 Å². The van der Waals surface area contributed by atoms with Crippen molar-refractivity contribution in [1.82, 2.24) is 14.5 Å². The van der Waals surface area contributed by atoms with E-state index >= 15 is 0 Å². The van der Waals surface area contributed by atoms with Crippen LogP contribution in [0.1, 0.15) is 23.5 Å². The average molecular weight is 335 g/mol. The lowest BCUT2D eigenvalue weighted by atomic mass is 9.99. The summed E-state index contributed by atoms with van der Waals surface area (Å²) < 4.78 is 39.9. The number of halogens is 3. The van der Waals surface area contributed by atoms with E-state index in [2.05, 4.69) is 9.97 Å². The van der Waals surface area contributed by atoms with Gasteiger partial charge in [-0.15, -0.1) is 0 Å². The van der Waals surface area contributed by atoms with E-state index in [1.807, 2.05) is 18.0 Å². The fourth-order valence-corrected chi connectivity index (χ4v) is 2.96. The van der Waals surface area contributed by atoms with Crippen molar-refractivity contribution in [2.75, 3.05) is 18.5 Å². The van der Waals surface area contributed by atoms with Crippen molar-refractivity contribution in [1.29, 1.82) is 5.26 Å². The number of nitrogens with zero attached hydrogens (tertiary/aromatic N) is 5. The highest BCUT2D eigenvalue weighted by atomic mass is 19.4. The Labute approximate surface area is 137 Å². The van der Waals surface area contributed by atoms with E-state index in [0.29, 0.717) is 30.9 Å². The lowest BCUT2D eigenvalue weighted by molar-refractivity contribution is -0.141. The minimum Gasteiger partial charge on any atom is -0.359 e. The summed E-state index contributed by atoms with van der Waals surface area (Å²) in [6.45, 7) is 1.19. The molecule has 24 heavy (non-hydrogen) atoms. The Morgan fingerprint density at radius 2 is 2.21 bits per heavy atom. The van der Waals surface area contributed by atoms with Crippen LogP contribution in [0, 0.1) is 17.2 Å². The molecule has 1 atom stereocenters. The molecule has 3 heterocycles. The summed E-state index contributed by atoms with van der Waals surface area (Å²) in [4.78, 5) is 9.88. The van der Waals surface area contributed by atoms with E-state index in [-0.39, 0.29) is 5.92 Å². The molecule has 2 aromatic rings. The minimum atomic E-state index is -4.40. The van der Waals surface area contributed by atoms with E-state index in [4.69, 9.17) is 5.26 Å². The number of hydrogen-bond acceptors (Lipinski definition) is 4. The van der Waals surface area contributed by atoms with Crippen molar-refractivity contribution in [3.8, 4) is 6.07 Å². The van der Waals surface area contributed by atoms with E-state index in [9.17, 15) is 13.2 Å². The molecular formula is C16H16F3N5. The molecule has 5 nitrogen and oxygen atoms in total. The first-order chi connectivity index (χ1) is 11.4. The Bertz CT molecular complexity index is 758. The summed E-state index contributed by atoms with van der Waals surface area (Å²) in [6.07, 6.45) is -0.467. The summed E-state index contributed by atoms with van der Waals surface area (Å²) in [7, 11) is 1.89. The van der Waals surface area contributed by atoms with Crippen LogP contribution in [0.5, 0.6) is 0 Å². The van der Waals surface area contributed by atoms with Crippen LogP contribution in [-0.2, 0) is 19.1 Å². The van der Waals surface area contributed by atoms with Crippen LogP contribution in [0.4, 0.5) is 19.0 Å². The number of rotatable bonds is 3. The maximum Gasteiger partial charge on any atom is 0.434 e. The summed E-state index contributed by atoms with van der Waals surface area (Å²) in [5, 5.41) is 8.79. The van der Waals surface area contributed by atoms with Gasteiger partial charge in [0.25, 0.3) is 0 Å². The molecule has 0 N–H and O–H groups in total. The van der Waals surface area contributed by atoms with Crippen molar-refractivity contribution in [3.63, 3.8) is 0 Å². The second kappa shape index (κ2) is 6.15. The van der Waals surface area contributed by atoms with Crippen LogP contribution in [0.3, 0.4) is 0 Å². The van der Waals surface area contributed by atoms with E-state index in [1.54, 1.807) is 16.7 Å². The highest BCUT2D eigenvalue weighted by Crippen LogP contribution is 2.31. The number of pyridine rings is 1. The number of imidazole rings is 1. The number of nitriles is 1. The van der Waals surface area contributed by atoms with Crippen molar-refractivity contribution >= 4 is 5.82 Å². The van der Waals surface area contributed by atoms with Crippen LogP contribution in [0.2, 0.25) is 0 Å². The smallest absolute Gasteiger partial charge is 0.359 e. The van der Waals surface area contributed by atoms with Crippen LogP contribution in [0.15, 0.2) is 24.5 Å². The molecule has 0 fully saturated rings. The van der Waals surface area contributed by atoms with E-state index < -0.39 is 11.9 Å². The Morgan fingerprint density at radius 3 is 2.83 bits per heavy atom. The number of fused-ring (bicyclic) bond motifs is 1. The molecule has 0 aromatic carbocycles. The van der Waals surface area contributed by atoms with E-state index in [0.717, 1.165) is 18.4 Å². The molecule has 0 aliphatic carbocycles. The Balaban J connectivity index is 1.67. The third-order valence-corrected chi connectivity index (χ3v) is 4.18. The minimum absolute atomic E-state index is 0.218. The quantitative estimate of drug-likeness (QED) is 0.865. The fourth-order valence-electron chi connectivity index (χ4n) is 2.96. The third-order valence-electron chi connectivity index (χ3n) is 4.18. The second-order valence-corrected chi connectivity index (χ2v) is 5.99. The average Bonchev–Trinajstić information content (AvgIpc) is 2.98. The molecule has 1 aliphatic heterocycles. The number of hydrogen-bond donors (Lipinski definition) is 0. The molecule has 0 amide bonds. The molecule has 8 heteroatoms. The van der Waals surface area contributed by atoms with Gasteiger partial charge in [-0.3, -0.25) is 0 Å². The molecule has 0 bridgehead atoms. The zero-order chi connectivity index (χ0) is 17.3. The zero-order valence-electron chi connectivity index (χ0n) is 13.1. The molecule has 0 saturated heterocycles. The van der Waals surface area contributed by atoms with Gasteiger partial charge >= 0.3 is 6.18 Å². The maximum absolute atomic E-state index is 12.7. The lowest BCUT2D eigenvalue weighted by Gasteiger charge is -2.28. The van der Waals surface area contributed by atoms with Gasteiger partial charge in [-0.2, -0.15) is 18.4 Å². The molecule has 0 radical (unpaired) electrons. The summed E-state index contributed by atoms with van der Waals surface area (Å²) in [5.74, 6) is 1.45. The normalized spacial score (nSPS) is 17.2. The van der Waals surface area contributed by atoms with Crippen LogP contribution in [0.25, 0.3) is 0 Å². The van der Waals surface area contributed by atoms with Crippen molar-refractivity contribution in [2.24, 2.45) is 5.92 Å². The van der Waals surface area contributed by atoms with Gasteiger partial charge in [0, 0.05) is 39.0 Å². The predicted octanol–water partition coefficient (Wildman–Crippen LogP) is 2.87. The van der Waals surface area contributed by atoms with Gasteiger partial charge in [0.2, 0.25) is 0 Å². The highest BCUT2D eigenvalue weighted by molar-refractivity contribution is 5.41. The van der Waals surface area contributed by atoms with Crippen molar-refractivity contribution < 1.29 is 13.2 Å². The monoisotopic (exact) mass is 335 g/mol. The first-order valence-corrected chi connectivity index (χ1v) is 7.57. The lowest BCUT2D eigenvalue weighted by Crippen LogP contribution is -2.31. The Morgan fingerprint density at radius 1 is 1.42 bits per heavy atom. The molecule has 0 saturated carbocycles. The summed E-state index contributed by atoms with van der Waals surface area (Å²) in [5.41, 5.74) is -0.326. The first kappa shape index (κ1) is 16.3. The summed E-state index contributed by atoms with van der Waals surface area (Å²) >= 11 is 0. The zero-order valence-corrected chi connectivity index (χ0v) is 13.1. The maximum atomic E-state index is 12.7. The molecule has 3 rings (SSSR count). The molecular weight excluding hydrogens is 319 g/mol. The SMILES string of the molecule is CN(C[C@@H]1CCc2nc(C(F)(F)F)cn2C1)c1ccc(C#N)cn1. The van der Waals surface area contributed by atoms with Crippen LogP contribution in [-0.4, -0.2) is 28.1 Å². The molecule has 126 valence electrons. The molecule has 1 aliphatic rings. The van der Waals surface area contributed by atoms with Crippen LogP contribution >= 0.6 is 0 Å². The molecule has 0 unspecified atom stereocenters. The summed E-state index contributed by atoms with van der Waals surface area (Å²) in [6, 6.07) is 5.48. The largest absolute Gasteiger partial charge is 0.434 e. The predicted molar refractivity (Wildman–Crippen MR) is 81.3 cm³/mol. The number of aryl methyl sites for hydroxylation is 1. The van der Waals surface area contributed by atoms with Gasteiger partial charge in [-0.1, -0.05) is 0 Å². The topological polar surface area (TPSA) is 57.7 Å². The van der Waals surface area contributed by atoms with Gasteiger partial charge in [-0.05, 0) is 24.5 Å². The number of anilines is 1. The number of alkyl halides is 3. The van der Waals surface area contributed by atoms with Crippen molar-refractivity contribution in [2.45, 2.75) is 25.6 Å². The van der Waals surface area contributed by atoms with Gasteiger partial charge in [0.1, 0.15) is 17.7 Å². The van der Waals surface area contributed by atoms with Gasteiger partial charge in [0.05, 0.1) is 5.56 Å². The molecule has 0 spiro atoms. The second-order valence-electron chi connectivity index (χ2n) is 5.99. The van der Waals surface area contributed by atoms with Crippen LogP contribution < -0.4 is 4.90 Å². The van der Waals surface area contributed by atoms with Gasteiger partial charge in [-0.25, -0.2) is 9.97 Å². The Kier molecular flexibility index (Phi) is 4.18. The van der Waals surface area contributed by atoms with Gasteiger partial charge < -0.3 is 9.47 Å². The Hall–Kier alpha value is -2.56. The number of aromatic nitrogens is 3. The van der Waals surface area contributed by atoms with Crippen molar-refractivity contribution in [3.05, 3.63) is 41.6 Å². The highest BCUT2D eigenvalue weighted by Gasteiger charge is 2.35. The fraction of sp³-hybridized carbons (Fsp3) is 0.438. The van der Waals surface area contributed by atoms with E-state index in [1.165, 1.54) is 6.20 Å². The first-order valence-electron chi connectivity index (χ1n) is 7.57. The standard InChI is InChI=1S/C16H16F3N5/c1-23(14-4-2-11(6-20)7-21-14)8-12-3-5-15-22-13(16(17,18)19)10-24(15)9-12/h2,4,7,10,12H,3,5,8-9H2,1H3/t12-/m0/s1. The molecule has 2 aromatic heterocycles.